The summed E-state index contributed by atoms with van der Waals surface area (Å²) in [5.41, 5.74) is 2.97. The van der Waals surface area contributed by atoms with Gasteiger partial charge in [0, 0.05) is 57.4 Å². The normalized spacial score (nSPS) is 25.9. The van der Waals surface area contributed by atoms with Gasteiger partial charge in [0.2, 0.25) is 5.91 Å². The van der Waals surface area contributed by atoms with Crippen molar-refractivity contribution in [2.45, 2.75) is 56.8 Å². The summed E-state index contributed by atoms with van der Waals surface area (Å²) in [6.45, 7) is 3.26. The van der Waals surface area contributed by atoms with Gasteiger partial charge in [0.05, 0.1) is 18.7 Å². The number of aliphatic hydroxyl groups excluding tert-OH is 1. The number of β-amino-alcohol motifs (C(OH)–C–C–N with tert-alkyl or cyclic N) is 1. The van der Waals surface area contributed by atoms with Gasteiger partial charge in [-0.3, -0.25) is 14.5 Å². The van der Waals surface area contributed by atoms with E-state index in [1.54, 1.807) is 11.0 Å². The number of carbonyl (C=O) groups excluding carboxylic acids is 2. The van der Waals surface area contributed by atoms with Gasteiger partial charge < -0.3 is 20.2 Å². The Bertz CT molecular complexity index is 1160. The first-order valence-electron chi connectivity index (χ1n) is 12.9. The SMILES string of the molecule is CC(=O)N1CCC(Nc2cc(C(=O)N3CC[C@@H](N4CCc5ccccc5C4)[C@H](O)C3)ccn2)C(F)(F)C1. The van der Waals surface area contributed by atoms with E-state index in [0.29, 0.717) is 18.5 Å². The smallest absolute Gasteiger partial charge is 0.285 e. The first-order valence-corrected chi connectivity index (χ1v) is 12.9. The Morgan fingerprint density at radius 3 is 2.57 bits per heavy atom. The fraction of sp³-hybridized carbons (Fsp3) is 0.519. The van der Waals surface area contributed by atoms with Gasteiger partial charge in [0.1, 0.15) is 5.82 Å². The zero-order valence-corrected chi connectivity index (χ0v) is 20.9. The van der Waals surface area contributed by atoms with Gasteiger partial charge in [0.25, 0.3) is 11.8 Å². The van der Waals surface area contributed by atoms with Gasteiger partial charge in [-0.1, -0.05) is 24.3 Å². The van der Waals surface area contributed by atoms with Crippen LogP contribution in [0.3, 0.4) is 0 Å². The van der Waals surface area contributed by atoms with Crippen LogP contribution in [0.15, 0.2) is 42.6 Å². The van der Waals surface area contributed by atoms with Crippen molar-refractivity contribution in [1.82, 2.24) is 19.7 Å². The highest BCUT2D eigenvalue weighted by molar-refractivity contribution is 5.95. The molecule has 8 nitrogen and oxygen atoms in total. The number of fused-ring (bicyclic) bond motifs is 1. The number of anilines is 1. The van der Waals surface area contributed by atoms with Crippen LogP contribution in [0.4, 0.5) is 14.6 Å². The lowest BCUT2D eigenvalue weighted by molar-refractivity contribution is -0.140. The lowest BCUT2D eigenvalue weighted by Gasteiger charge is -2.43. The fourth-order valence-electron chi connectivity index (χ4n) is 5.72. The predicted molar refractivity (Wildman–Crippen MR) is 134 cm³/mol. The number of piperidine rings is 2. The van der Waals surface area contributed by atoms with Crippen LogP contribution in [0, 0.1) is 0 Å². The maximum absolute atomic E-state index is 14.6. The van der Waals surface area contributed by atoms with Gasteiger partial charge >= 0.3 is 0 Å². The summed E-state index contributed by atoms with van der Waals surface area (Å²) in [4.78, 5) is 33.9. The number of benzene rings is 1. The summed E-state index contributed by atoms with van der Waals surface area (Å²) in [6.07, 6.45) is 2.43. The zero-order chi connectivity index (χ0) is 26.2. The Hall–Kier alpha value is -3.11. The molecule has 4 heterocycles. The second-order valence-corrected chi connectivity index (χ2v) is 10.3. The highest BCUT2D eigenvalue weighted by Crippen LogP contribution is 2.30. The number of nitrogens with zero attached hydrogens (tertiary/aromatic N) is 4. The van der Waals surface area contributed by atoms with Crippen molar-refractivity contribution >= 4 is 17.6 Å². The number of likely N-dealkylation sites (tertiary alicyclic amines) is 2. The van der Waals surface area contributed by atoms with Gasteiger partial charge in [-0.15, -0.1) is 0 Å². The van der Waals surface area contributed by atoms with E-state index >= 15 is 0 Å². The quantitative estimate of drug-likeness (QED) is 0.653. The zero-order valence-electron chi connectivity index (χ0n) is 20.9. The molecule has 37 heavy (non-hydrogen) atoms. The van der Waals surface area contributed by atoms with Crippen LogP contribution in [-0.2, 0) is 17.8 Å². The number of hydrogen-bond donors (Lipinski definition) is 2. The molecule has 2 N–H and O–H groups in total. The van der Waals surface area contributed by atoms with Crippen molar-refractivity contribution in [1.29, 1.82) is 0 Å². The summed E-state index contributed by atoms with van der Waals surface area (Å²) < 4.78 is 29.3. The minimum absolute atomic E-state index is 0.0184. The minimum atomic E-state index is -3.12. The van der Waals surface area contributed by atoms with Crippen molar-refractivity contribution in [3.8, 4) is 0 Å². The molecule has 5 rings (SSSR count). The molecule has 0 aliphatic carbocycles. The Labute approximate surface area is 215 Å². The fourth-order valence-corrected chi connectivity index (χ4v) is 5.72. The van der Waals surface area contributed by atoms with Crippen LogP contribution >= 0.6 is 0 Å². The number of amides is 2. The summed E-state index contributed by atoms with van der Waals surface area (Å²) >= 11 is 0. The molecule has 1 aromatic heterocycles. The number of nitrogens with one attached hydrogen (secondary N) is 1. The first-order chi connectivity index (χ1) is 17.7. The van der Waals surface area contributed by atoms with Gasteiger partial charge in [-0.25, -0.2) is 13.8 Å². The molecule has 0 bridgehead atoms. The number of aliphatic hydroxyl groups is 1. The standard InChI is InChI=1S/C27H33F2N5O3/c1-18(35)34-13-9-24(27(28,29)17-34)31-25-14-20(6-10-30-25)26(37)33-12-8-22(23(36)16-33)32-11-7-19-4-2-3-5-21(19)15-32/h2-6,10,14,22-24,36H,7-9,11-13,15-17H2,1H3,(H,30,31)/t22-,23-,24?/m1/s1. The number of pyridine rings is 1. The average molecular weight is 514 g/mol. The van der Waals surface area contributed by atoms with E-state index in [1.165, 1.54) is 30.3 Å². The number of halogens is 2. The third-order valence-corrected chi connectivity index (χ3v) is 7.84. The Kier molecular flexibility index (Phi) is 7.13. The maximum atomic E-state index is 14.6. The number of carbonyl (C=O) groups is 2. The molecule has 0 saturated carbocycles. The summed E-state index contributed by atoms with van der Waals surface area (Å²) in [6, 6.07) is 10.2. The molecular formula is C27H33F2N5O3. The molecule has 2 aromatic rings. The van der Waals surface area contributed by atoms with E-state index in [2.05, 4.69) is 33.4 Å². The van der Waals surface area contributed by atoms with Crippen molar-refractivity contribution in [3.63, 3.8) is 0 Å². The molecule has 0 spiro atoms. The van der Waals surface area contributed by atoms with Crippen LogP contribution in [0.1, 0.15) is 41.3 Å². The number of aromatic nitrogens is 1. The van der Waals surface area contributed by atoms with Crippen molar-refractivity contribution in [2.24, 2.45) is 0 Å². The number of rotatable bonds is 4. The molecular weight excluding hydrogens is 480 g/mol. The first kappa shape index (κ1) is 25.5. The molecule has 3 aliphatic heterocycles. The van der Waals surface area contributed by atoms with Crippen molar-refractivity contribution < 1.29 is 23.5 Å². The Morgan fingerprint density at radius 2 is 1.84 bits per heavy atom. The molecule has 2 amide bonds. The number of hydrogen-bond acceptors (Lipinski definition) is 6. The lowest BCUT2D eigenvalue weighted by atomic mass is 9.94. The average Bonchev–Trinajstić information content (AvgIpc) is 2.89. The summed E-state index contributed by atoms with van der Waals surface area (Å²) in [5, 5.41) is 13.7. The summed E-state index contributed by atoms with van der Waals surface area (Å²) in [5.74, 6) is -3.56. The lowest BCUT2D eigenvalue weighted by Crippen LogP contribution is -2.56. The topological polar surface area (TPSA) is 89.0 Å². The predicted octanol–water partition coefficient (Wildman–Crippen LogP) is 2.38. The largest absolute Gasteiger partial charge is 0.390 e. The summed E-state index contributed by atoms with van der Waals surface area (Å²) in [7, 11) is 0. The highest BCUT2D eigenvalue weighted by atomic mass is 19.3. The van der Waals surface area contributed by atoms with Crippen molar-refractivity contribution in [3.05, 3.63) is 59.3 Å². The molecule has 2 fully saturated rings. The molecule has 198 valence electrons. The molecule has 1 aromatic carbocycles. The van der Waals surface area contributed by atoms with E-state index in [1.807, 2.05) is 6.07 Å². The van der Waals surface area contributed by atoms with Crippen LogP contribution in [0.25, 0.3) is 0 Å². The second-order valence-electron chi connectivity index (χ2n) is 10.3. The van der Waals surface area contributed by atoms with E-state index in [0.717, 1.165) is 24.4 Å². The highest BCUT2D eigenvalue weighted by Gasteiger charge is 2.45. The third kappa shape index (κ3) is 5.45. The van der Waals surface area contributed by atoms with E-state index < -0.39 is 24.6 Å². The molecule has 2 saturated heterocycles. The molecule has 0 radical (unpaired) electrons. The van der Waals surface area contributed by atoms with Gasteiger partial charge in [0.15, 0.2) is 0 Å². The number of alkyl halides is 2. The van der Waals surface area contributed by atoms with Crippen molar-refractivity contribution in [2.75, 3.05) is 38.0 Å². The molecule has 3 atom stereocenters. The van der Waals surface area contributed by atoms with E-state index in [4.69, 9.17) is 0 Å². The van der Waals surface area contributed by atoms with Gasteiger partial charge in [-0.2, -0.15) is 0 Å². The minimum Gasteiger partial charge on any atom is -0.390 e. The third-order valence-electron chi connectivity index (χ3n) is 7.84. The maximum Gasteiger partial charge on any atom is 0.285 e. The van der Waals surface area contributed by atoms with Gasteiger partial charge in [-0.05, 0) is 42.5 Å². The van der Waals surface area contributed by atoms with Crippen LogP contribution in [-0.4, -0.2) is 93.4 Å². The second kappa shape index (κ2) is 10.3. The molecule has 1 unspecified atom stereocenters. The van der Waals surface area contributed by atoms with Crippen LogP contribution in [0.2, 0.25) is 0 Å². The van der Waals surface area contributed by atoms with E-state index in [-0.39, 0.29) is 43.2 Å². The Morgan fingerprint density at radius 1 is 1.08 bits per heavy atom. The molecule has 3 aliphatic rings. The van der Waals surface area contributed by atoms with Crippen LogP contribution < -0.4 is 5.32 Å². The Balaban J connectivity index is 1.20. The van der Waals surface area contributed by atoms with E-state index in [9.17, 15) is 23.5 Å². The molecule has 10 heteroatoms. The van der Waals surface area contributed by atoms with Crippen LogP contribution in [0.5, 0.6) is 0 Å². The monoisotopic (exact) mass is 513 g/mol.